The number of hydrogen-bond donors (Lipinski definition) is 1. The average molecular weight is 248 g/mol. The van der Waals surface area contributed by atoms with Gasteiger partial charge in [0.15, 0.2) is 0 Å². The quantitative estimate of drug-likeness (QED) is 0.760. The van der Waals surface area contributed by atoms with Crippen molar-refractivity contribution in [2.75, 3.05) is 20.6 Å². The molecule has 0 bridgehead atoms. The average Bonchev–Trinajstić information content (AvgIpc) is 2.38. The standard InChI is InChI=1S/C16H28N2/c1-5-8-14(2)18(4)13-16-10-7-6-9-15(16)11-12-17-3/h6-7,9-10,14,17H,5,8,11-13H2,1-4H3. The lowest BCUT2D eigenvalue weighted by atomic mass is 10.0. The highest BCUT2D eigenvalue weighted by molar-refractivity contribution is 5.27. The van der Waals surface area contributed by atoms with E-state index in [2.05, 4.69) is 55.4 Å². The van der Waals surface area contributed by atoms with Gasteiger partial charge in [0.05, 0.1) is 0 Å². The summed E-state index contributed by atoms with van der Waals surface area (Å²) in [5, 5.41) is 3.23. The molecular formula is C16H28N2. The highest BCUT2D eigenvalue weighted by Gasteiger charge is 2.10. The zero-order chi connectivity index (χ0) is 13.4. The first kappa shape index (κ1) is 15.2. The Morgan fingerprint density at radius 2 is 1.89 bits per heavy atom. The van der Waals surface area contributed by atoms with E-state index in [4.69, 9.17) is 0 Å². The molecule has 0 amide bonds. The number of hydrogen-bond acceptors (Lipinski definition) is 2. The van der Waals surface area contributed by atoms with Crippen LogP contribution in [0.3, 0.4) is 0 Å². The molecule has 1 aromatic rings. The number of likely N-dealkylation sites (N-methyl/N-ethyl adjacent to an activating group) is 1. The minimum Gasteiger partial charge on any atom is -0.319 e. The summed E-state index contributed by atoms with van der Waals surface area (Å²) in [4.78, 5) is 2.46. The van der Waals surface area contributed by atoms with Crippen LogP contribution in [0.25, 0.3) is 0 Å². The summed E-state index contributed by atoms with van der Waals surface area (Å²) in [7, 11) is 4.24. The molecule has 0 heterocycles. The Bertz CT molecular complexity index is 336. The second-order valence-corrected chi connectivity index (χ2v) is 5.18. The van der Waals surface area contributed by atoms with Crippen molar-refractivity contribution in [2.45, 2.75) is 45.7 Å². The maximum absolute atomic E-state index is 3.23. The third kappa shape index (κ3) is 4.79. The summed E-state index contributed by atoms with van der Waals surface area (Å²) >= 11 is 0. The van der Waals surface area contributed by atoms with Crippen molar-refractivity contribution < 1.29 is 0 Å². The third-order valence-electron chi connectivity index (χ3n) is 3.64. The molecule has 1 aromatic carbocycles. The Morgan fingerprint density at radius 1 is 1.22 bits per heavy atom. The van der Waals surface area contributed by atoms with E-state index in [-0.39, 0.29) is 0 Å². The summed E-state index contributed by atoms with van der Waals surface area (Å²) in [6, 6.07) is 9.47. The Morgan fingerprint density at radius 3 is 2.50 bits per heavy atom. The molecule has 0 aliphatic rings. The van der Waals surface area contributed by atoms with Gasteiger partial charge in [0.25, 0.3) is 0 Å². The minimum absolute atomic E-state index is 0.660. The van der Waals surface area contributed by atoms with Crippen LogP contribution in [0.15, 0.2) is 24.3 Å². The van der Waals surface area contributed by atoms with Gasteiger partial charge in [-0.2, -0.15) is 0 Å². The fourth-order valence-corrected chi connectivity index (χ4v) is 2.28. The van der Waals surface area contributed by atoms with Crippen LogP contribution in [0.4, 0.5) is 0 Å². The van der Waals surface area contributed by atoms with Gasteiger partial charge in [-0.3, -0.25) is 4.90 Å². The van der Waals surface area contributed by atoms with Crippen LogP contribution in [-0.4, -0.2) is 31.6 Å². The van der Waals surface area contributed by atoms with Crippen molar-refractivity contribution >= 4 is 0 Å². The molecule has 1 unspecified atom stereocenters. The second-order valence-electron chi connectivity index (χ2n) is 5.18. The van der Waals surface area contributed by atoms with E-state index in [1.54, 1.807) is 0 Å². The SMILES string of the molecule is CCCC(C)N(C)Cc1ccccc1CCNC. The van der Waals surface area contributed by atoms with Gasteiger partial charge in [-0.25, -0.2) is 0 Å². The van der Waals surface area contributed by atoms with Crippen LogP contribution < -0.4 is 5.32 Å². The molecule has 0 spiro atoms. The Labute approximate surface area is 112 Å². The highest BCUT2D eigenvalue weighted by atomic mass is 15.1. The summed E-state index contributed by atoms with van der Waals surface area (Å²) in [5.41, 5.74) is 2.95. The smallest absolute Gasteiger partial charge is 0.0236 e. The molecule has 2 nitrogen and oxygen atoms in total. The maximum Gasteiger partial charge on any atom is 0.0236 e. The third-order valence-corrected chi connectivity index (χ3v) is 3.64. The summed E-state index contributed by atoms with van der Waals surface area (Å²) < 4.78 is 0. The summed E-state index contributed by atoms with van der Waals surface area (Å²) in [6.07, 6.45) is 3.64. The van der Waals surface area contributed by atoms with Gasteiger partial charge in [-0.1, -0.05) is 37.6 Å². The first-order valence-corrected chi connectivity index (χ1v) is 7.10. The first-order valence-electron chi connectivity index (χ1n) is 7.10. The van der Waals surface area contributed by atoms with Crippen LogP contribution in [0.1, 0.15) is 37.8 Å². The molecule has 102 valence electrons. The molecule has 1 rings (SSSR count). The maximum atomic E-state index is 3.23. The van der Waals surface area contributed by atoms with E-state index >= 15 is 0 Å². The van der Waals surface area contributed by atoms with Crippen molar-refractivity contribution in [3.63, 3.8) is 0 Å². The molecule has 0 radical (unpaired) electrons. The minimum atomic E-state index is 0.660. The topological polar surface area (TPSA) is 15.3 Å². The van der Waals surface area contributed by atoms with Gasteiger partial charge in [0, 0.05) is 12.6 Å². The Balaban J connectivity index is 2.65. The van der Waals surface area contributed by atoms with Crippen molar-refractivity contribution in [1.82, 2.24) is 10.2 Å². The molecule has 0 fully saturated rings. The largest absolute Gasteiger partial charge is 0.319 e. The predicted octanol–water partition coefficient (Wildman–Crippen LogP) is 3.07. The Kier molecular flexibility index (Phi) is 6.99. The normalized spacial score (nSPS) is 12.9. The highest BCUT2D eigenvalue weighted by Crippen LogP contribution is 2.14. The van der Waals surface area contributed by atoms with Gasteiger partial charge in [0.1, 0.15) is 0 Å². The van der Waals surface area contributed by atoms with E-state index in [0.717, 1.165) is 19.5 Å². The lowest BCUT2D eigenvalue weighted by Crippen LogP contribution is -2.28. The lowest BCUT2D eigenvalue weighted by molar-refractivity contribution is 0.236. The number of nitrogens with one attached hydrogen (secondary N) is 1. The number of nitrogens with zero attached hydrogens (tertiary/aromatic N) is 1. The number of benzene rings is 1. The molecule has 0 aliphatic heterocycles. The van der Waals surface area contributed by atoms with Crippen molar-refractivity contribution in [1.29, 1.82) is 0 Å². The van der Waals surface area contributed by atoms with Crippen molar-refractivity contribution in [2.24, 2.45) is 0 Å². The zero-order valence-electron chi connectivity index (χ0n) is 12.4. The van der Waals surface area contributed by atoms with E-state index in [1.807, 2.05) is 7.05 Å². The molecular weight excluding hydrogens is 220 g/mol. The van der Waals surface area contributed by atoms with Gasteiger partial charge >= 0.3 is 0 Å². The van der Waals surface area contributed by atoms with Gasteiger partial charge in [0.2, 0.25) is 0 Å². The summed E-state index contributed by atoms with van der Waals surface area (Å²) in [5.74, 6) is 0. The molecule has 0 aromatic heterocycles. The fourth-order valence-electron chi connectivity index (χ4n) is 2.28. The van der Waals surface area contributed by atoms with Gasteiger partial charge in [-0.05, 0) is 51.5 Å². The van der Waals surface area contributed by atoms with E-state index < -0.39 is 0 Å². The molecule has 0 saturated carbocycles. The van der Waals surface area contributed by atoms with Crippen molar-refractivity contribution in [3.05, 3.63) is 35.4 Å². The van der Waals surface area contributed by atoms with Crippen LogP contribution in [0, 0.1) is 0 Å². The molecule has 18 heavy (non-hydrogen) atoms. The fraction of sp³-hybridized carbons (Fsp3) is 0.625. The Hall–Kier alpha value is -0.860. The van der Waals surface area contributed by atoms with Gasteiger partial charge in [-0.15, -0.1) is 0 Å². The van der Waals surface area contributed by atoms with Crippen LogP contribution in [-0.2, 0) is 13.0 Å². The lowest BCUT2D eigenvalue weighted by Gasteiger charge is -2.25. The summed E-state index contributed by atoms with van der Waals surface area (Å²) in [6.45, 7) is 6.68. The second kappa shape index (κ2) is 8.28. The van der Waals surface area contributed by atoms with Crippen LogP contribution >= 0.6 is 0 Å². The predicted molar refractivity (Wildman–Crippen MR) is 79.9 cm³/mol. The molecule has 1 N–H and O–H groups in total. The molecule has 0 aliphatic carbocycles. The molecule has 0 saturated heterocycles. The van der Waals surface area contributed by atoms with Crippen LogP contribution in [0.5, 0.6) is 0 Å². The number of rotatable bonds is 8. The monoisotopic (exact) mass is 248 g/mol. The van der Waals surface area contributed by atoms with E-state index in [1.165, 1.54) is 24.0 Å². The van der Waals surface area contributed by atoms with E-state index in [0.29, 0.717) is 6.04 Å². The van der Waals surface area contributed by atoms with Gasteiger partial charge < -0.3 is 5.32 Å². The van der Waals surface area contributed by atoms with Crippen molar-refractivity contribution in [3.8, 4) is 0 Å². The molecule has 2 heteroatoms. The zero-order valence-corrected chi connectivity index (χ0v) is 12.4. The first-order chi connectivity index (χ1) is 8.69. The van der Waals surface area contributed by atoms with Crippen LogP contribution in [0.2, 0.25) is 0 Å². The van der Waals surface area contributed by atoms with E-state index in [9.17, 15) is 0 Å². The molecule has 1 atom stereocenters.